The van der Waals surface area contributed by atoms with Gasteiger partial charge in [0.2, 0.25) is 15.9 Å². The standard InChI is InChI=1S/C13H18Cl2N2O3S/c1-4-9(2)16-13(18)8-17(3)21(19,20)12-7-10(14)5-6-11(12)15/h5-7,9H,4,8H2,1-3H3,(H,16,18)/t9-/m1/s1. The normalized spacial score (nSPS) is 13.2. The fourth-order valence-corrected chi connectivity index (χ4v) is 3.41. The van der Waals surface area contributed by atoms with E-state index in [0.29, 0.717) is 0 Å². The number of nitrogens with one attached hydrogen (secondary N) is 1. The Morgan fingerprint density at radius 2 is 2.00 bits per heavy atom. The van der Waals surface area contributed by atoms with Gasteiger partial charge in [0, 0.05) is 18.1 Å². The minimum atomic E-state index is -3.87. The minimum absolute atomic E-state index is 0.0108. The molecule has 0 saturated carbocycles. The number of sulfonamides is 1. The van der Waals surface area contributed by atoms with Crippen LogP contribution in [0.5, 0.6) is 0 Å². The molecular formula is C13H18Cl2N2O3S. The van der Waals surface area contributed by atoms with Gasteiger partial charge in [-0.05, 0) is 31.5 Å². The number of amides is 1. The highest BCUT2D eigenvalue weighted by atomic mass is 35.5. The third-order valence-corrected chi connectivity index (χ3v) is 5.49. The molecule has 21 heavy (non-hydrogen) atoms. The van der Waals surface area contributed by atoms with Crippen LogP contribution in [0.25, 0.3) is 0 Å². The van der Waals surface area contributed by atoms with Gasteiger partial charge in [0.15, 0.2) is 0 Å². The number of hydrogen-bond acceptors (Lipinski definition) is 3. The summed E-state index contributed by atoms with van der Waals surface area (Å²) in [5.74, 6) is -0.367. The van der Waals surface area contributed by atoms with Crippen LogP contribution in [0.1, 0.15) is 20.3 Å². The van der Waals surface area contributed by atoms with Crippen molar-refractivity contribution in [3.05, 3.63) is 28.2 Å². The molecule has 1 rings (SSSR count). The number of likely N-dealkylation sites (N-methyl/N-ethyl adjacent to an activating group) is 1. The highest BCUT2D eigenvalue weighted by Crippen LogP contribution is 2.26. The second-order valence-electron chi connectivity index (χ2n) is 4.71. The lowest BCUT2D eigenvalue weighted by atomic mass is 10.2. The molecule has 0 aliphatic carbocycles. The highest BCUT2D eigenvalue weighted by Gasteiger charge is 2.25. The number of rotatable bonds is 6. The number of carbonyl (C=O) groups is 1. The molecule has 0 aromatic heterocycles. The van der Waals surface area contributed by atoms with Crippen molar-refractivity contribution in [1.29, 1.82) is 0 Å². The molecule has 8 heteroatoms. The fourth-order valence-electron chi connectivity index (χ4n) is 1.55. The van der Waals surface area contributed by atoms with Crippen LogP contribution in [-0.2, 0) is 14.8 Å². The van der Waals surface area contributed by atoms with E-state index in [0.717, 1.165) is 10.7 Å². The molecule has 0 aliphatic heterocycles. The van der Waals surface area contributed by atoms with Crippen molar-refractivity contribution in [2.75, 3.05) is 13.6 Å². The van der Waals surface area contributed by atoms with E-state index in [1.54, 1.807) is 0 Å². The SMILES string of the molecule is CC[C@@H](C)NC(=O)CN(C)S(=O)(=O)c1cc(Cl)ccc1Cl. The van der Waals surface area contributed by atoms with E-state index >= 15 is 0 Å². The van der Waals surface area contributed by atoms with Gasteiger partial charge in [-0.2, -0.15) is 4.31 Å². The Labute approximate surface area is 135 Å². The lowest BCUT2D eigenvalue weighted by molar-refractivity contribution is -0.121. The minimum Gasteiger partial charge on any atom is -0.353 e. The van der Waals surface area contributed by atoms with E-state index in [-0.39, 0.29) is 33.4 Å². The monoisotopic (exact) mass is 352 g/mol. The average molecular weight is 353 g/mol. The molecule has 0 bridgehead atoms. The number of hydrogen-bond donors (Lipinski definition) is 1. The average Bonchev–Trinajstić information content (AvgIpc) is 2.40. The zero-order valence-electron chi connectivity index (χ0n) is 12.1. The maximum atomic E-state index is 12.4. The van der Waals surface area contributed by atoms with E-state index in [4.69, 9.17) is 23.2 Å². The second-order valence-corrected chi connectivity index (χ2v) is 7.57. The Bertz CT molecular complexity index is 620. The summed E-state index contributed by atoms with van der Waals surface area (Å²) < 4.78 is 25.7. The van der Waals surface area contributed by atoms with E-state index in [1.165, 1.54) is 25.2 Å². The Balaban J connectivity index is 2.92. The van der Waals surface area contributed by atoms with Crippen LogP contribution in [0.3, 0.4) is 0 Å². The van der Waals surface area contributed by atoms with Crippen LogP contribution in [0.4, 0.5) is 0 Å². The summed E-state index contributed by atoms with van der Waals surface area (Å²) in [5.41, 5.74) is 0. The third kappa shape index (κ3) is 4.85. The molecule has 0 spiro atoms. The molecule has 1 aromatic rings. The maximum Gasteiger partial charge on any atom is 0.244 e. The van der Waals surface area contributed by atoms with Crippen molar-refractivity contribution in [3.8, 4) is 0 Å². The summed E-state index contributed by atoms with van der Waals surface area (Å²) in [4.78, 5) is 11.7. The van der Waals surface area contributed by atoms with Gasteiger partial charge in [-0.25, -0.2) is 8.42 Å². The summed E-state index contributed by atoms with van der Waals surface area (Å²) >= 11 is 11.7. The third-order valence-electron chi connectivity index (χ3n) is 2.97. The summed E-state index contributed by atoms with van der Waals surface area (Å²) in [6.45, 7) is 3.49. The highest BCUT2D eigenvalue weighted by molar-refractivity contribution is 7.89. The van der Waals surface area contributed by atoms with Crippen LogP contribution in [0, 0.1) is 0 Å². The summed E-state index contributed by atoms with van der Waals surface area (Å²) in [7, 11) is -2.55. The van der Waals surface area contributed by atoms with Crippen LogP contribution in [0.2, 0.25) is 10.0 Å². The van der Waals surface area contributed by atoms with Gasteiger partial charge in [-0.3, -0.25) is 4.79 Å². The van der Waals surface area contributed by atoms with E-state index in [9.17, 15) is 13.2 Å². The molecule has 5 nitrogen and oxygen atoms in total. The van der Waals surface area contributed by atoms with Gasteiger partial charge in [0.05, 0.1) is 11.6 Å². The van der Waals surface area contributed by atoms with Crippen LogP contribution in [0.15, 0.2) is 23.1 Å². The first-order valence-corrected chi connectivity index (χ1v) is 8.58. The zero-order chi connectivity index (χ0) is 16.2. The Kier molecular flexibility index (Phi) is 6.46. The van der Waals surface area contributed by atoms with Crippen molar-refractivity contribution in [2.45, 2.75) is 31.2 Å². The number of nitrogens with zero attached hydrogens (tertiary/aromatic N) is 1. The lowest BCUT2D eigenvalue weighted by Gasteiger charge is -2.19. The zero-order valence-corrected chi connectivity index (χ0v) is 14.4. The van der Waals surface area contributed by atoms with E-state index < -0.39 is 10.0 Å². The number of halogens is 2. The van der Waals surface area contributed by atoms with Crippen molar-refractivity contribution >= 4 is 39.1 Å². The van der Waals surface area contributed by atoms with Gasteiger partial charge in [0.25, 0.3) is 0 Å². The number of benzene rings is 1. The fraction of sp³-hybridized carbons (Fsp3) is 0.462. The lowest BCUT2D eigenvalue weighted by Crippen LogP contribution is -2.41. The second kappa shape index (κ2) is 7.45. The van der Waals surface area contributed by atoms with Gasteiger partial charge < -0.3 is 5.32 Å². The van der Waals surface area contributed by atoms with Crippen molar-refractivity contribution < 1.29 is 13.2 Å². The van der Waals surface area contributed by atoms with Crippen LogP contribution in [-0.4, -0.2) is 38.3 Å². The van der Waals surface area contributed by atoms with E-state index in [2.05, 4.69) is 5.32 Å². The van der Waals surface area contributed by atoms with Gasteiger partial charge >= 0.3 is 0 Å². The summed E-state index contributed by atoms with van der Waals surface area (Å²) in [6, 6.07) is 4.16. The van der Waals surface area contributed by atoms with Crippen molar-refractivity contribution in [1.82, 2.24) is 9.62 Å². The molecule has 1 atom stereocenters. The molecule has 0 saturated heterocycles. The van der Waals surface area contributed by atoms with Crippen LogP contribution < -0.4 is 5.32 Å². The summed E-state index contributed by atoms with van der Waals surface area (Å²) in [5, 5.41) is 3.03. The topological polar surface area (TPSA) is 66.5 Å². The predicted molar refractivity (Wildman–Crippen MR) is 84.2 cm³/mol. The molecule has 0 heterocycles. The van der Waals surface area contributed by atoms with Gasteiger partial charge in [-0.15, -0.1) is 0 Å². The molecular weight excluding hydrogens is 335 g/mol. The molecule has 1 N–H and O–H groups in total. The molecule has 0 unspecified atom stereocenters. The predicted octanol–water partition coefficient (Wildman–Crippen LogP) is 2.53. The van der Waals surface area contributed by atoms with Gasteiger partial charge in [0.1, 0.15) is 4.90 Å². The summed E-state index contributed by atoms with van der Waals surface area (Å²) in [6.07, 6.45) is 0.766. The van der Waals surface area contributed by atoms with Gasteiger partial charge in [-0.1, -0.05) is 30.1 Å². The molecule has 0 aliphatic rings. The van der Waals surface area contributed by atoms with E-state index in [1.807, 2.05) is 13.8 Å². The Morgan fingerprint density at radius 1 is 1.38 bits per heavy atom. The number of carbonyl (C=O) groups excluding carboxylic acids is 1. The van der Waals surface area contributed by atoms with Crippen LogP contribution >= 0.6 is 23.2 Å². The van der Waals surface area contributed by atoms with Crippen molar-refractivity contribution in [3.63, 3.8) is 0 Å². The smallest absolute Gasteiger partial charge is 0.244 e. The first-order chi connectivity index (χ1) is 9.68. The quantitative estimate of drug-likeness (QED) is 0.855. The molecule has 0 fully saturated rings. The molecule has 1 amide bonds. The molecule has 1 aromatic carbocycles. The Hall–Kier alpha value is -0.820. The maximum absolute atomic E-state index is 12.4. The largest absolute Gasteiger partial charge is 0.353 e. The Morgan fingerprint density at radius 3 is 2.57 bits per heavy atom. The molecule has 118 valence electrons. The van der Waals surface area contributed by atoms with Crippen molar-refractivity contribution in [2.24, 2.45) is 0 Å². The first-order valence-electron chi connectivity index (χ1n) is 6.39. The molecule has 0 radical (unpaired) electrons. The first kappa shape index (κ1) is 18.2.